The first-order valence-electron chi connectivity index (χ1n) is 8.99. The Balaban J connectivity index is 2.42. The Morgan fingerprint density at radius 1 is 0.938 bits per heavy atom. The number of amides is 3. The van der Waals surface area contributed by atoms with Crippen LogP contribution in [0.1, 0.15) is 0 Å². The molecule has 0 aliphatic carbocycles. The van der Waals surface area contributed by atoms with Gasteiger partial charge in [-0.25, -0.2) is 19.0 Å². The molecule has 2 aromatic rings. The lowest BCUT2D eigenvalue weighted by Crippen LogP contribution is -2.43. The fourth-order valence-electron chi connectivity index (χ4n) is 2.26. The molecule has 0 aromatic heterocycles. The Labute approximate surface area is 182 Å². The van der Waals surface area contributed by atoms with Gasteiger partial charge in [0.05, 0.1) is 25.6 Å². The molecule has 32 heavy (non-hydrogen) atoms. The lowest BCUT2D eigenvalue weighted by Gasteiger charge is -2.13. The zero-order valence-corrected chi connectivity index (χ0v) is 17.4. The number of carbonyl (C=O) groups excluding carboxylic acids is 3. The highest BCUT2D eigenvalue weighted by atomic mass is 19.1. The van der Waals surface area contributed by atoms with Crippen LogP contribution in [0.2, 0.25) is 0 Å². The van der Waals surface area contributed by atoms with E-state index in [9.17, 15) is 18.8 Å². The smallest absolute Gasteiger partial charge is 0.413 e. The number of guanidine groups is 1. The minimum Gasteiger partial charge on any atom is -0.457 e. The second-order valence-corrected chi connectivity index (χ2v) is 5.91. The Bertz CT molecular complexity index is 993. The topological polar surface area (TPSA) is 137 Å². The number of nitrogens with one attached hydrogen (secondary N) is 3. The molecular weight excluding hydrogens is 427 g/mol. The summed E-state index contributed by atoms with van der Waals surface area (Å²) < 4.78 is 32.8. The number of halogens is 1. The summed E-state index contributed by atoms with van der Waals surface area (Å²) in [5.41, 5.74) is 0.278. The van der Waals surface area contributed by atoms with Crippen molar-refractivity contribution in [2.75, 3.05) is 33.3 Å². The van der Waals surface area contributed by atoms with Crippen LogP contribution in [0.5, 0.6) is 11.5 Å². The molecule has 0 aliphatic rings. The number of benzene rings is 2. The molecule has 2 rings (SSSR count). The molecule has 3 N–H and O–H groups in total. The summed E-state index contributed by atoms with van der Waals surface area (Å²) in [6.07, 6.45) is -1.81. The highest BCUT2D eigenvalue weighted by molar-refractivity contribution is 6.03. The molecule has 0 saturated heterocycles. The van der Waals surface area contributed by atoms with Crippen LogP contribution in [0.3, 0.4) is 0 Å². The lowest BCUT2D eigenvalue weighted by molar-refractivity contribution is -0.119. The van der Waals surface area contributed by atoms with Crippen LogP contribution in [0.15, 0.2) is 47.5 Å². The van der Waals surface area contributed by atoms with Crippen molar-refractivity contribution in [2.45, 2.75) is 0 Å². The van der Waals surface area contributed by atoms with Crippen LogP contribution in [0, 0.1) is 5.82 Å². The lowest BCUT2D eigenvalue weighted by atomic mass is 10.2. The normalized spacial score (nSPS) is 9.88. The first-order chi connectivity index (χ1) is 15.3. The van der Waals surface area contributed by atoms with Gasteiger partial charge in [-0.3, -0.25) is 15.4 Å². The maximum absolute atomic E-state index is 13.4. The molecule has 0 unspecified atom stereocenters. The molecule has 12 heteroatoms. The van der Waals surface area contributed by atoms with Gasteiger partial charge < -0.3 is 24.3 Å². The van der Waals surface area contributed by atoms with Gasteiger partial charge in [0.2, 0.25) is 11.9 Å². The largest absolute Gasteiger partial charge is 0.457 e. The van der Waals surface area contributed by atoms with Crippen LogP contribution in [-0.2, 0) is 19.0 Å². The van der Waals surface area contributed by atoms with Gasteiger partial charge in [-0.2, -0.15) is 0 Å². The number of ether oxygens (including phenoxy) is 4. The van der Waals surface area contributed by atoms with E-state index >= 15 is 0 Å². The Hall–Kier alpha value is -4.19. The highest BCUT2D eigenvalue weighted by Gasteiger charge is 2.14. The van der Waals surface area contributed by atoms with Crippen molar-refractivity contribution in [1.82, 2.24) is 10.6 Å². The number of rotatable bonds is 6. The Morgan fingerprint density at radius 3 is 2.19 bits per heavy atom. The molecule has 0 saturated carbocycles. The van der Waals surface area contributed by atoms with Crippen LogP contribution in [0.4, 0.5) is 25.4 Å². The van der Waals surface area contributed by atoms with E-state index in [-0.39, 0.29) is 35.4 Å². The number of hydrogen-bond acceptors (Lipinski definition) is 8. The summed E-state index contributed by atoms with van der Waals surface area (Å²) in [7, 11) is 3.60. The molecule has 0 aliphatic heterocycles. The number of aliphatic imine (C=N–C) groups is 1. The van der Waals surface area contributed by atoms with Crippen LogP contribution >= 0.6 is 0 Å². The zero-order valence-electron chi connectivity index (χ0n) is 17.4. The Kier molecular flexibility index (Phi) is 8.92. The second kappa shape index (κ2) is 11.9. The third kappa shape index (κ3) is 7.57. The predicted octanol–water partition coefficient (Wildman–Crippen LogP) is 2.90. The molecule has 11 nitrogen and oxygen atoms in total. The minimum atomic E-state index is -0.906. The number of hydrogen-bond donors (Lipinski definition) is 3. The van der Waals surface area contributed by atoms with E-state index in [2.05, 4.69) is 30.4 Å². The summed E-state index contributed by atoms with van der Waals surface area (Å²) in [6.45, 7) is -0.244. The molecule has 0 spiro atoms. The highest BCUT2D eigenvalue weighted by Crippen LogP contribution is 2.32. The van der Waals surface area contributed by atoms with Gasteiger partial charge in [-0.15, -0.1) is 0 Å². The minimum absolute atomic E-state index is 0.129. The first kappa shape index (κ1) is 24.1. The van der Waals surface area contributed by atoms with Crippen molar-refractivity contribution in [2.24, 2.45) is 4.99 Å². The standard InChI is InChI=1S/C20H21FN4O7/c1-29-11-17(26)22-16-10-14(32-13-6-4-5-12(21)9-13)7-8-15(16)23-18(24-19(27)30-2)25-20(28)31-3/h4-10H,11H2,1-3H3,(H,22,26)(H2,23,24,25,27,28). The molecule has 0 bridgehead atoms. The number of carbonyl (C=O) groups is 3. The van der Waals surface area contributed by atoms with Crippen LogP contribution in [0.25, 0.3) is 0 Å². The van der Waals surface area contributed by atoms with E-state index in [0.717, 1.165) is 14.2 Å². The van der Waals surface area contributed by atoms with Crippen LogP contribution < -0.4 is 20.7 Å². The van der Waals surface area contributed by atoms with E-state index in [1.165, 1.54) is 43.5 Å². The molecule has 2 aromatic carbocycles. The van der Waals surface area contributed by atoms with Gasteiger partial charge >= 0.3 is 12.2 Å². The van der Waals surface area contributed by atoms with E-state index in [1.54, 1.807) is 6.07 Å². The van der Waals surface area contributed by atoms with Crippen molar-refractivity contribution < 1.29 is 37.7 Å². The number of alkyl carbamates (subject to hydrolysis) is 2. The monoisotopic (exact) mass is 448 g/mol. The maximum atomic E-state index is 13.4. The summed E-state index contributed by atoms with van der Waals surface area (Å²) >= 11 is 0. The average molecular weight is 448 g/mol. The molecule has 3 amide bonds. The van der Waals surface area contributed by atoms with Crippen molar-refractivity contribution in [3.63, 3.8) is 0 Å². The third-order valence-electron chi connectivity index (χ3n) is 3.59. The summed E-state index contributed by atoms with van der Waals surface area (Å²) in [5, 5.41) is 7.00. The van der Waals surface area contributed by atoms with Gasteiger partial charge in [0.25, 0.3) is 0 Å². The van der Waals surface area contributed by atoms with Crippen LogP contribution in [-0.4, -0.2) is 52.0 Å². The van der Waals surface area contributed by atoms with Crippen molar-refractivity contribution in [3.8, 4) is 11.5 Å². The molecule has 0 radical (unpaired) electrons. The van der Waals surface area contributed by atoms with Gasteiger partial charge in [0, 0.05) is 19.2 Å². The molecule has 0 atom stereocenters. The number of anilines is 1. The van der Waals surface area contributed by atoms with E-state index in [1.807, 2.05) is 0 Å². The molecule has 170 valence electrons. The predicted molar refractivity (Wildman–Crippen MR) is 112 cm³/mol. The SMILES string of the molecule is COCC(=O)Nc1cc(Oc2cccc(F)c2)ccc1N=C(NC(=O)OC)NC(=O)OC. The quantitative estimate of drug-likeness (QED) is 0.456. The van der Waals surface area contributed by atoms with E-state index in [0.29, 0.717) is 0 Å². The fourth-order valence-corrected chi connectivity index (χ4v) is 2.26. The average Bonchev–Trinajstić information content (AvgIpc) is 2.75. The van der Waals surface area contributed by atoms with Crippen molar-refractivity contribution in [1.29, 1.82) is 0 Å². The van der Waals surface area contributed by atoms with E-state index in [4.69, 9.17) is 9.47 Å². The second-order valence-electron chi connectivity index (χ2n) is 5.91. The molecular formula is C20H21FN4O7. The molecule has 0 heterocycles. The van der Waals surface area contributed by atoms with E-state index < -0.39 is 23.9 Å². The number of methoxy groups -OCH3 is 3. The summed E-state index contributed by atoms with van der Waals surface area (Å²) in [6, 6.07) is 9.84. The molecule has 0 fully saturated rings. The summed E-state index contributed by atoms with van der Waals surface area (Å²) in [4.78, 5) is 39.3. The van der Waals surface area contributed by atoms with Gasteiger partial charge in [-0.05, 0) is 24.3 Å². The maximum Gasteiger partial charge on any atom is 0.413 e. The summed E-state index contributed by atoms with van der Waals surface area (Å²) in [5.74, 6) is -0.828. The van der Waals surface area contributed by atoms with Crippen molar-refractivity contribution >= 4 is 35.4 Å². The fraction of sp³-hybridized carbons (Fsp3) is 0.200. The first-order valence-corrected chi connectivity index (χ1v) is 8.99. The van der Waals surface area contributed by atoms with Gasteiger partial charge in [0.1, 0.15) is 23.9 Å². The third-order valence-corrected chi connectivity index (χ3v) is 3.59. The zero-order chi connectivity index (χ0) is 23.5. The van der Waals surface area contributed by atoms with Gasteiger partial charge in [-0.1, -0.05) is 6.07 Å². The van der Waals surface area contributed by atoms with Crippen molar-refractivity contribution in [3.05, 3.63) is 48.3 Å². The number of nitrogens with zero attached hydrogens (tertiary/aromatic N) is 1. The Morgan fingerprint density at radius 2 is 1.59 bits per heavy atom. The van der Waals surface area contributed by atoms with Gasteiger partial charge in [0.15, 0.2) is 0 Å².